The zero-order valence-electron chi connectivity index (χ0n) is 9.93. The van der Waals surface area contributed by atoms with Crippen LogP contribution >= 0.6 is 0 Å². The third kappa shape index (κ3) is 3.79. The van der Waals surface area contributed by atoms with Crippen LogP contribution in [0.2, 0.25) is 0 Å². The molecule has 2 aromatic rings. The van der Waals surface area contributed by atoms with E-state index in [9.17, 15) is 4.79 Å². The number of benzene rings is 2. The molecule has 1 N–H and O–H groups in total. The molecule has 2 rings (SSSR count). The number of hydrogen-bond acceptors (Lipinski definition) is 2. The first kappa shape index (κ1) is 14.7. The Kier molecular flexibility index (Phi) is 5.62. The van der Waals surface area contributed by atoms with Crippen LogP contribution in [0.3, 0.4) is 0 Å². The molecule has 4 heteroatoms. The van der Waals surface area contributed by atoms with Crippen LogP contribution in [-0.2, 0) is 11.2 Å². The third-order valence-corrected chi connectivity index (χ3v) is 2.47. The molecule has 0 heterocycles. The molecule has 0 atom stereocenters. The zero-order chi connectivity index (χ0) is 11.5. The van der Waals surface area contributed by atoms with Gasteiger partial charge in [0.25, 0.3) is 0 Å². The van der Waals surface area contributed by atoms with Crippen molar-refractivity contribution >= 4 is 68.1 Å². The van der Waals surface area contributed by atoms with Crippen LogP contribution in [0.25, 0.3) is 10.8 Å². The normalized spacial score (nSPS) is 9.71. The summed E-state index contributed by atoms with van der Waals surface area (Å²) < 4.78 is 5.12. The smallest absolute Gasteiger partial charge is 0.307 e. The first-order valence-corrected chi connectivity index (χ1v) is 4.97. The van der Waals surface area contributed by atoms with Gasteiger partial charge in [-0.25, -0.2) is 0 Å². The van der Waals surface area contributed by atoms with E-state index >= 15 is 0 Å². The summed E-state index contributed by atoms with van der Waals surface area (Å²) in [6.07, 6.45) is 0.0575. The van der Waals surface area contributed by atoms with Gasteiger partial charge in [-0.1, -0.05) is 24.3 Å². The van der Waals surface area contributed by atoms with Gasteiger partial charge >= 0.3 is 5.97 Å². The summed E-state index contributed by atoms with van der Waals surface area (Å²) in [4.78, 5) is 10.6. The van der Waals surface area contributed by atoms with Gasteiger partial charge in [-0.15, -0.1) is 0 Å². The van der Waals surface area contributed by atoms with Crippen LogP contribution in [0.15, 0.2) is 36.4 Å². The van der Waals surface area contributed by atoms with Crippen LogP contribution in [0, 0.1) is 0 Å². The van der Waals surface area contributed by atoms with Gasteiger partial charge in [0, 0.05) is 51.4 Å². The molecule has 0 amide bonds. The second-order valence-corrected chi connectivity index (χ2v) is 3.62. The van der Waals surface area contributed by atoms with Gasteiger partial charge in [-0.3, -0.25) is 4.79 Å². The molecule has 0 spiro atoms. The van der Waals surface area contributed by atoms with E-state index in [2.05, 4.69) is 0 Å². The molecule has 2 aromatic carbocycles. The molecular weight excluding hydrogens is 243 g/mol. The zero-order valence-corrected chi connectivity index (χ0v) is 13.1. The van der Waals surface area contributed by atoms with Gasteiger partial charge in [-0.05, 0) is 28.5 Å². The number of methoxy groups -OCH3 is 1. The summed E-state index contributed by atoms with van der Waals surface area (Å²) in [5.41, 5.74) is 0.810. The number of aliphatic carboxylic acids is 1. The van der Waals surface area contributed by atoms with E-state index in [0.717, 1.165) is 22.1 Å². The minimum absolute atomic E-state index is 0. The molecule has 0 aliphatic rings. The first-order chi connectivity index (χ1) is 7.69. The maximum atomic E-state index is 10.6. The maximum absolute atomic E-state index is 10.6. The van der Waals surface area contributed by atoms with Crippen molar-refractivity contribution in [3.8, 4) is 5.75 Å². The SMILES string of the molecule is COc1ccc2cc(CC(=O)O)ccc2c1.[K]. The first-order valence-electron chi connectivity index (χ1n) is 4.97. The van der Waals surface area contributed by atoms with E-state index in [0.29, 0.717) is 0 Å². The van der Waals surface area contributed by atoms with Crippen LogP contribution in [0.4, 0.5) is 0 Å². The second kappa shape index (κ2) is 6.52. The van der Waals surface area contributed by atoms with Crippen molar-refractivity contribution in [3.63, 3.8) is 0 Å². The molecular formula is C13H12KO3. The molecule has 0 aliphatic heterocycles. The molecule has 0 bridgehead atoms. The van der Waals surface area contributed by atoms with Crippen molar-refractivity contribution in [2.24, 2.45) is 0 Å². The van der Waals surface area contributed by atoms with Crippen LogP contribution < -0.4 is 4.74 Å². The van der Waals surface area contributed by atoms with Gasteiger partial charge in [-0.2, -0.15) is 0 Å². The summed E-state index contributed by atoms with van der Waals surface area (Å²) in [5.74, 6) is -0.00801. The Hall–Kier alpha value is -0.394. The Morgan fingerprint density at radius 2 is 1.82 bits per heavy atom. The largest absolute Gasteiger partial charge is 0.497 e. The van der Waals surface area contributed by atoms with E-state index in [1.807, 2.05) is 36.4 Å². The topological polar surface area (TPSA) is 46.5 Å². The fourth-order valence-corrected chi connectivity index (χ4v) is 1.68. The number of rotatable bonds is 3. The van der Waals surface area contributed by atoms with E-state index in [4.69, 9.17) is 9.84 Å². The predicted molar refractivity (Wildman–Crippen MR) is 67.6 cm³/mol. The number of carboxylic acids is 1. The Balaban J connectivity index is 0.00000144. The molecule has 0 aromatic heterocycles. The molecule has 17 heavy (non-hydrogen) atoms. The standard InChI is InChI=1S/C13H12O3.K/c1-16-12-5-4-10-6-9(7-13(14)15)2-3-11(10)8-12;/h2-6,8H,7H2,1H3,(H,14,15);. The van der Waals surface area contributed by atoms with Crippen molar-refractivity contribution in [1.29, 1.82) is 0 Å². The number of hydrogen-bond donors (Lipinski definition) is 1. The molecule has 1 radical (unpaired) electrons. The number of fused-ring (bicyclic) bond motifs is 1. The van der Waals surface area contributed by atoms with Crippen LogP contribution in [0.1, 0.15) is 5.56 Å². The predicted octanol–water partition coefficient (Wildman–Crippen LogP) is 2.09. The summed E-state index contributed by atoms with van der Waals surface area (Å²) in [6.45, 7) is 0. The Bertz CT molecular complexity index is 537. The fraction of sp³-hybridized carbons (Fsp3) is 0.154. The Morgan fingerprint density at radius 1 is 1.18 bits per heavy atom. The van der Waals surface area contributed by atoms with Crippen LogP contribution in [-0.4, -0.2) is 69.6 Å². The fourth-order valence-electron chi connectivity index (χ4n) is 1.68. The van der Waals surface area contributed by atoms with Crippen LogP contribution in [0.5, 0.6) is 5.75 Å². The minimum atomic E-state index is -0.812. The van der Waals surface area contributed by atoms with Crippen molar-refractivity contribution < 1.29 is 14.6 Å². The summed E-state index contributed by atoms with van der Waals surface area (Å²) in [7, 11) is 1.62. The van der Waals surface area contributed by atoms with Gasteiger partial charge in [0.05, 0.1) is 13.5 Å². The van der Waals surface area contributed by atoms with Crippen molar-refractivity contribution in [3.05, 3.63) is 42.0 Å². The average Bonchev–Trinajstić information content (AvgIpc) is 2.27. The quantitative estimate of drug-likeness (QED) is 0.854. The van der Waals surface area contributed by atoms with Gasteiger partial charge in [0.15, 0.2) is 0 Å². The monoisotopic (exact) mass is 255 g/mol. The van der Waals surface area contributed by atoms with E-state index in [-0.39, 0.29) is 57.8 Å². The summed E-state index contributed by atoms with van der Waals surface area (Å²) >= 11 is 0. The number of carbonyl (C=O) groups is 1. The minimum Gasteiger partial charge on any atom is -0.497 e. The van der Waals surface area contributed by atoms with Crippen molar-refractivity contribution in [2.45, 2.75) is 6.42 Å². The average molecular weight is 255 g/mol. The van der Waals surface area contributed by atoms with E-state index in [1.165, 1.54) is 0 Å². The molecule has 0 saturated carbocycles. The number of ether oxygens (including phenoxy) is 1. The number of carboxylic acid groups (broad SMARTS) is 1. The molecule has 0 aliphatic carbocycles. The van der Waals surface area contributed by atoms with Gasteiger partial charge < -0.3 is 9.84 Å². The maximum Gasteiger partial charge on any atom is 0.307 e. The summed E-state index contributed by atoms with van der Waals surface area (Å²) in [6, 6.07) is 11.4. The second-order valence-electron chi connectivity index (χ2n) is 3.62. The molecule has 0 saturated heterocycles. The Morgan fingerprint density at radius 3 is 2.47 bits per heavy atom. The van der Waals surface area contributed by atoms with E-state index in [1.54, 1.807) is 7.11 Å². The van der Waals surface area contributed by atoms with Gasteiger partial charge in [0.1, 0.15) is 5.75 Å². The third-order valence-electron chi connectivity index (χ3n) is 2.47. The van der Waals surface area contributed by atoms with Crippen molar-refractivity contribution in [1.82, 2.24) is 0 Å². The van der Waals surface area contributed by atoms with Gasteiger partial charge in [0.2, 0.25) is 0 Å². The van der Waals surface area contributed by atoms with E-state index < -0.39 is 5.97 Å². The molecule has 3 nitrogen and oxygen atoms in total. The molecule has 0 unspecified atom stereocenters. The Labute approximate surface area is 142 Å². The molecule has 0 fully saturated rings. The molecule has 83 valence electrons. The van der Waals surface area contributed by atoms with Crippen molar-refractivity contribution in [2.75, 3.05) is 7.11 Å². The summed E-state index contributed by atoms with van der Waals surface area (Å²) in [5, 5.41) is 10.8.